The quantitative estimate of drug-likeness (QED) is 0.527. The zero-order chi connectivity index (χ0) is 20.7. The second kappa shape index (κ2) is 7.50. The Labute approximate surface area is 172 Å². The number of rotatable bonds is 3. The molecular weight excluding hydrogens is 384 g/mol. The number of anilines is 1. The number of nitrogens with two attached hydrogens (primary N) is 1. The van der Waals surface area contributed by atoms with E-state index in [2.05, 4.69) is 14.9 Å². The number of hydrogen-bond acceptors (Lipinski definition) is 4. The first-order valence-corrected chi connectivity index (χ1v) is 9.98. The van der Waals surface area contributed by atoms with Crippen molar-refractivity contribution in [3.05, 3.63) is 66.6 Å². The average Bonchev–Trinajstić information content (AvgIpc) is 3.17. The van der Waals surface area contributed by atoms with Crippen LogP contribution >= 0.6 is 0 Å². The fourth-order valence-electron chi connectivity index (χ4n) is 4.12. The van der Waals surface area contributed by atoms with Crippen LogP contribution in [0, 0.1) is 11.6 Å². The Kier molecular flexibility index (Phi) is 4.67. The number of benzene rings is 2. The molecule has 0 saturated carbocycles. The molecule has 5 rings (SSSR count). The van der Waals surface area contributed by atoms with E-state index in [9.17, 15) is 8.78 Å². The van der Waals surface area contributed by atoms with Crippen LogP contribution in [0.3, 0.4) is 0 Å². The molecule has 0 bridgehead atoms. The SMILES string of the molecule is N[C@@H]1CCCN(c2cncc(-c3c[nH]c4ccc(-c5c(F)cccc5F)cc34)n2)C1. The summed E-state index contributed by atoms with van der Waals surface area (Å²) >= 11 is 0. The molecular formula is C23H21F2N5. The maximum atomic E-state index is 14.3. The summed E-state index contributed by atoms with van der Waals surface area (Å²) in [6.07, 6.45) is 7.34. The number of nitrogens with one attached hydrogen (secondary N) is 1. The van der Waals surface area contributed by atoms with Gasteiger partial charge in [-0.3, -0.25) is 4.98 Å². The number of H-pyrrole nitrogens is 1. The summed E-state index contributed by atoms with van der Waals surface area (Å²) in [5.74, 6) is -0.391. The molecule has 2 aromatic heterocycles. The molecule has 3 heterocycles. The van der Waals surface area contributed by atoms with Crippen molar-refractivity contribution in [2.75, 3.05) is 18.0 Å². The Bertz CT molecular complexity index is 1200. The van der Waals surface area contributed by atoms with Crippen LogP contribution in [0.4, 0.5) is 14.6 Å². The lowest BCUT2D eigenvalue weighted by Gasteiger charge is -2.31. The lowest BCUT2D eigenvalue weighted by Crippen LogP contribution is -2.43. The third-order valence-corrected chi connectivity index (χ3v) is 5.61. The molecule has 1 fully saturated rings. The van der Waals surface area contributed by atoms with Gasteiger partial charge < -0.3 is 15.6 Å². The third-order valence-electron chi connectivity index (χ3n) is 5.61. The van der Waals surface area contributed by atoms with Gasteiger partial charge in [-0.15, -0.1) is 0 Å². The number of halogens is 2. The zero-order valence-electron chi connectivity index (χ0n) is 16.3. The van der Waals surface area contributed by atoms with E-state index in [0.29, 0.717) is 11.3 Å². The van der Waals surface area contributed by atoms with Gasteiger partial charge in [0.25, 0.3) is 0 Å². The number of aromatic amines is 1. The van der Waals surface area contributed by atoms with Crippen LogP contribution in [0.2, 0.25) is 0 Å². The van der Waals surface area contributed by atoms with Crippen molar-refractivity contribution < 1.29 is 8.78 Å². The van der Waals surface area contributed by atoms with Crippen molar-refractivity contribution in [3.63, 3.8) is 0 Å². The standard InChI is InChI=1S/C23H21F2N5/c24-18-4-1-5-19(25)23(18)14-6-7-20-16(9-14)17(10-28-20)21-11-27-12-22(29-21)30-8-2-3-15(26)13-30/h1,4-7,9-12,15,28H,2-3,8,13,26H2/t15-/m1/s1. The lowest BCUT2D eigenvalue weighted by molar-refractivity contribution is 0.503. The molecule has 1 atom stereocenters. The smallest absolute Gasteiger partial charge is 0.147 e. The molecule has 30 heavy (non-hydrogen) atoms. The van der Waals surface area contributed by atoms with E-state index in [-0.39, 0.29) is 11.6 Å². The van der Waals surface area contributed by atoms with Gasteiger partial charge >= 0.3 is 0 Å². The minimum absolute atomic E-state index is 0.0336. The summed E-state index contributed by atoms with van der Waals surface area (Å²) < 4.78 is 28.6. The molecule has 1 aliphatic rings. The zero-order valence-corrected chi connectivity index (χ0v) is 16.3. The van der Waals surface area contributed by atoms with Crippen molar-refractivity contribution in [1.82, 2.24) is 15.0 Å². The maximum Gasteiger partial charge on any atom is 0.147 e. The number of piperidine rings is 1. The molecule has 0 aliphatic carbocycles. The van der Waals surface area contributed by atoms with Crippen LogP contribution in [-0.4, -0.2) is 34.1 Å². The van der Waals surface area contributed by atoms with E-state index in [1.165, 1.54) is 18.2 Å². The molecule has 1 aliphatic heterocycles. The molecule has 1 saturated heterocycles. The molecule has 5 nitrogen and oxygen atoms in total. The predicted octanol–water partition coefficient (Wildman–Crippen LogP) is 4.50. The van der Waals surface area contributed by atoms with Gasteiger partial charge in [-0.25, -0.2) is 13.8 Å². The fourth-order valence-corrected chi connectivity index (χ4v) is 4.12. The van der Waals surface area contributed by atoms with Gasteiger partial charge in [0.15, 0.2) is 0 Å². The van der Waals surface area contributed by atoms with E-state index in [1.54, 1.807) is 24.5 Å². The molecule has 0 amide bonds. The Morgan fingerprint density at radius 2 is 1.93 bits per heavy atom. The highest BCUT2D eigenvalue weighted by atomic mass is 19.1. The summed E-state index contributed by atoms with van der Waals surface area (Å²) in [7, 11) is 0. The van der Waals surface area contributed by atoms with Crippen LogP contribution in [0.25, 0.3) is 33.3 Å². The molecule has 0 unspecified atom stereocenters. The Balaban J connectivity index is 1.58. The average molecular weight is 405 g/mol. The first kappa shape index (κ1) is 18.7. The van der Waals surface area contributed by atoms with E-state index >= 15 is 0 Å². The minimum atomic E-state index is -0.588. The summed E-state index contributed by atoms with van der Waals surface area (Å²) in [6, 6.07) is 9.34. The van der Waals surface area contributed by atoms with Gasteiger partial charge in [0.1, 0.15) is 17.5 Å². The van der Waals surface area contributed by atoms with Gasteiger partial charge in [-0.2, -0.15) is 0 Å². The van der Waals surface area contributed by atoms with Crippen molar-refractivity contribution in [2.24, 2.45) is 5.73 Å². The highest BCUT2D eigenvalue weighted by molar-refractivity contribution is 5.97. The van der Waals surface area contributed by atoms with E-state index in [0.717, 1.165) is 48.2 Å². The Hall–Kier alpha value is -3.32. The molecule has 0 spiro atoms. The van der Waals surface area contributed by atoms with Crippen LogP contribution in [-0.2, 0) is 0 Å². The van der Waals surface area contributed by atoms with Gasteiger partial charge in [-0.05, 0) is 42.7 Å². The minimum Gasteiger partial charge on any atom is -0.360 e. The van der Waals surface area contributed by atoms with Crippen molar-refractivity contribution in [1.29, 1.82) is 0 Å². The molecule has 2 aromatic carbocycles. The molecule has 152 valence electrons. The van der Waals surface area contributed by atoms with E-state index in [1.807, 2.05) is 12.3 Å². The van der Waals surface area contributed by atoms with Gasteiger partial charge in [0.05, 0.1) is 23.7 Å². The summed E-state index contributed by atoms with van der Waals surface area (Å²) in [6.45, 7) is 1.65. The van der Waals surface area contributed by atoms with E-state index < -0.39 is 11.6 Å². The highest BCUT2D eigenvalue weighted by Crippen LogP contribution is 2.33. The second-order valence-electron chi connectivity index (χ2n) is 7.67. The number of nitrogens with zero attached hydrogens (tertiary/aromatic N) is 3. The summed E-state index contributed by atoms with van der Waals surface area (Å²) in [5, 5.41) is 0.831. The van der Waals surface area contributed by atoms with Crippen molar-refractivity contribution in [2.45, 2.75) is 18.9 Å². The number of aromatic nitrogens is 3. The normalized spacial score (nSPS) is 16.9. The monoisotopic (exact) mass is 405 g/mol. The van der Waals surface area contributed by atoms with Crippen LogP contribution in [0.15, 0.2) is 55.0 Å². The molecule has 4 aromatic rings. The summed E-state index contributed by atoms with van der Waals surface area (Å²) in [5.41, 5.74) is 8.94. The van der Waals surface area contributed by atoms with Crippen molar-refractivity contribution >= 4 is 16.7 Å². The van der Waals surface area contributed by atoms with Gasteiger partial charge in [0, 0.05) is 41.8 Å². The van der Waals surface area contributed by atoms with Crippen LogP contribution in [0.1, 0.15) is 12.8 Å². The third kappa shape index (κ3) is 3.31. The van der Waals surface area contributed by atoms with Gasteiger partial charge in [0.2, 0.25) is 0 Å². The van der Waals surface area contributed by atoms with Gasteiger partial charge in [-0.1, -0.05) is 12.1 Å². The predicted molar refractivity (Wildman–Crippen MR) is 114 cm³/mol. The number of fused-ring (bicyclic) bond motifs is 1. The molecule has 0 radical (unpaired) electrons. The lowest BCUT2D eigenvalue weighted by atomic mass is 10.0. The summed E-state index contributed by atoms with van der Waals surface area (Å²) in [4.78, 5) is 14.5. The second-order valence-corrected chi connectivity index (χ2v) is 7.67. The topological polar surface area (TPSA) is 70.8 Å². The first-order valence-electron chi connectivity index (χ1n) is 9.98. The van der Waals surface area contributed by atoms with Crippen LogP contribution in [0.5, 0.6) is 0 Å². The van der Waals surface area contributed by atoms with Crippen LogP contribution < -0.4 is 10.6 Å². The molecule has 7 heteroatoms. The Morgan fingerprint density at radius 1 is 1.10 bits per heavy atom. The fraction of sp³-hybridized carbons (Fsp3) is 0.217. The molecule has 3 N–H and O–H groups in total. The first-order chi connectivity index (χ1) is 14.6. The Morgan fingerprint density at radius 3 is 2.73 bits per heavy atom. The largest absolute Gasteiger partial charge is 0.360 e. The maximum absolute atomic E-state index is 14.3. The van der Waals surface area contributed by atoms with Crippen molar-refractivity contribution in [3.8, 4) is 22.4 Å². The van der Waals surface area contributed by atoms with E-state index in [4.69, 9.17) is 10.7 Å². The highest BCUT2D eigenvalue weighted by Gasteiger charge is 2.19. The number of hydrogen-bond donors (Lipinski definition) is 2.